The Kier molecular flexibility index (Phi) is 4.36. The van der Waals surface area contributed by atoms with Gasteiger partial charge in [-0.15, -0.1) is 0 Å². The number of piperidine rings is 1. The molecule has 1 fully saturated rings. The molecular formula is C13H23N5. The molecule has 2 N–H and O–H groups in total. The summed E-state index contributed by atoms with van der Waals surface area (Å²) in [7, 11) is 2.17. The second kappa shape index (κ2) is 6.00. The number of rotatable bonds is 4. The lowest BCUT2D eigenvalue weighted by atomic mass is 10.1. The van der Waals surface area contributed by atoms with Crippen molar-refractivity contribution in [3.8, 4) is 0 Å². The molecule has 1 aromatic rings. The first-order chi connectivity index (χ1) is 8.70. The third kappa shape index (κ3) is 3.10. The second-order valence-corrected chi connectivity index (χ2v) is 4.97. The van der Waals surface area contributed by atoms with Gasteiger partial charge >= 0.3 is 0 Å². The van der Waals surface area contributed by atoms with E-state index in [1.165, 1.54) is 19.4 Å². The third-order valence-corrected chi connectivity index (χ3v) is 3.39. The summed E-state index contributed by atoms with van der Waals surface area (Å²) in [6.07, 6.45) is 4.09. The number of hydrogen-bond acceptors (Lipinski definition) is 5. The second-order valence-electron chi connectivity index (χ2n) is 4.97. The maximum Gasteiger partial charge on any atom is 0.134 e. The maximum absolute atomic E-state index is 4.36. The van der Waals surface area contributed by atoms with Crippen LogP contribution in [-0.2, 0) is 0 Å². The summed E-state index contributed by atoms with van der Waals surface area (Å²) in [5.41, 5.74) is 1.10. The van der Waals surface area contributed by atoms with Crippen molar-refractivity contribution >= 4 is 11.6 Å². The van der Waals surface area contributed by atoms with E-state index in [-0.39, 0.29) is 0 Å². The molecule has 0 amide bonds. The highest BCUT2D eigenvalue weighted by Gasteiger charge is 2.18. The fraction of sp³-hybridized carbons (Fsp3) is 0.692. The van der Waals surface area contributed by atoms with Gasteiger partial charge < -0.3 is 15.5 Å². The van der Waals surface area contributed by atoms with Crippen LogP contribution in [0.3, 0.4) is 0 Å². The lowest BCUT2D eigenvalue weighted by Crippen LogP contribution is -2.40. The topological polar surface area (TPSA) is 53.1 Å². The molecule has 0 saturated carbocycles. The smallest absolute Gasteiger partial charge is 0.134 e. The van der Waals surface area contributed by atoms with Crippen LogP contribution in [0, 0.1) is 6.92 Å². The Morgan fingerprint density at radius 1 is 1.39 bits per heavy atom. The van der Waals surface area contributed by atoms with Gasteiger partial charge in [-0.25, -0.2) is 9.97 Å². The van der Waals surface area contributed by atoms with E-state index < -0.39 is 0 Å². The molecule has 100 valence electrons. The van der Waals surface area contributed by atoms with Gasteiger partial charge in [0.1, 0.15) is 18.0 Å². The lowest BCUT2D eigenvalue weighted by molar-refractivity contribution is 0.260. The Bertz CT molecular complexity index is 393. The molecule has 2 heterocycles. The molecule has 0 aliphatic carbocycles. The van der Waals surface area contributed by atoms with Gasteiger partial charge in [-0.1, -0.05) is 0 Å². The molecule has 1 saturated heterocycles. The zero-order valence-corrected chi connectivity index (χ0v) is 11.5. The average Bonchev–Trinajstić information content (AvgIpc) is 2.35. The highest BCUT2D eigenvalue weighted by molar-refractivity contribution is 5.56. The Balaban J connectivity index is 2.06. The largest absolute Gasteiger partial charge is 0.370 e. The highest BCUT2D eigenvalue weighted by Crippen LogP contribution is 2.20. The van der Waals surface area contributed by atoms with Gasteiger partial charge in [-0.3, -0.25) is 0 Å². The predicted octanol–water partition coefficient (Wildman–Crippen LogP) is 1.72. The number of aromatic nitrogens is 2. The molecule has 5 heteroatoms. The van der Waals surface area contributed by atoms with Crippen molar-refractivity contribution in [2.75, 3.05) is 37.3 Å². The minimum Gasteiger partial charge on any atom is -0.370 e. The van der Waals surface area contributed by atoms with Crippen molar-refractivity contribution in [2.24, 2.45) is 0 Å². The fourth-order valence-electron chi connectivity index (χ4n) is 2.42. The number of nitrogens with one attached hydrogen (secondary N) is 2. The molecule has 0 radical (unpaired) electrons. The molecule has 0 aromatic carbocycles. The number of likely N-dealkylation sites (tertiary alicyclic amines) is 1. The van der Waals surface area contributed by atoms with Gasteiger partial charge in [0.2, 0.25) is 0 Å². The van der Waals surface area contributed by atoms with E-state index in [2.05, 4.69) is 46.4 Å². The first-order valence-corrected chi connectivity index (χ1v) is 6.71. The first kappa shape index (κ1) is 13.1. The Hall–Kier alpha value is -1.36. The summed E-state index contributed by atoms with van der Waals surface area (Å²) in [6, 6.07) is 0.492. The quantitative estimate of drug-likeness (QED) is 0.851. The van der Waals surface area contributed by atoms with Crippen LogP contribution in [0.25, 0.3) is 0 Å². The van der Waals surface area contributed by atoms with E-state index in [1.54, 1.807) is 6.33 Å². The molecule has 0 spiro atoms. The van der Waals surface area contributed by atoms with Crippen molar-refractivity contribution in [3.63, 3.8) is 0 Å². The fourth-order valence-corrected chi connectivity index (χ4v) is 2.42. The molecule has 1 aliphatic rings. The molecule has 1 aliphatic heterocycles. The molecule has 1 aromatic heterocycles. The summed E-state index contributed by atoms with van der Waals surface area (Å²) in [5, 5.41) is 6.81. The highest BCUT2D eigenvalue weighted by atomic mass is 15.2. The van der Waals surface area contributed by atoms with Gasteiger partial charge in [-0.2, -0.15) is 0 Å². The number of nitrogens with zero attached hydrogens (tertiary/aromatic N) is 3. The van der Waals surface area contributed by atoms with Crippen molar-refractivity contribution in [1.29, 1.82) is 0 Å². The zero-order valence-electron chi connectivity index (χ0n) is 11.5. The van der Waals surface area contributed by atoms with Crippen LogP contribution in [0.5, 0.6) is 0 Å². The predicted molar refractivity (Wildman–Crippen MR) is 75.1 cm³/mol. The monoisotopic (exact) mass is 249 g/mol. The number of hydrogen-bond donors (Lipinski definition) is 2. The third-order valence-electron chi connectivity index (χ3n) is 3.39. The molecule has 2 rings (SSSR count). The van der Waals surface area contributed by atoms with Crippen molar-refractivity contribution in [1.82, 2.24) is 14.9 Å². The van der Waals surface area contributed by atoms with Crippen LogP contribution < -0.4 is 10.6 Å². The Morgan fingerprint density at radius 3 is 2.89 bits per heavy atom. The molecular weight excluding hydrogens is 226 g/mol. The molecule has 5 nitrogen and oxygen atoms in total. The van der Waals surface area contributed by atoms with Crippen molar-refractivity contribution in [2.45, 2.75) is 32.7 Å². The molecule has 1 unspecified atom stereocenters. The summed E-state index contributed by atoms with van der Waals surface area (Å²) < 4.78 is 0. The van der Waals surface area contributed by atoms with E-state index in [1.807, 2.05) is 0 Å². The van der Waals surface area contributed by atoms with E-state index >= 15 is 0 Å². The Labute approximate surface area is 109 Å². The van der Waals surface area contributed by atoms with E-state index in [0.29, 0.717) is 6.04 Å². The zero-order chi connectivity index (χ0) is 13.0. The van der Waals surface area contributed by atoms with Crippen LogP contribution in [0.2, 0.25) is 0 Å². The number of likely N-dealkylation sites (N-methyl/N-ethyl adjacent to an activating group) is 1. The van der Waals surface area contributed by atoms with E-state index in [9.17, 15) is 0 Å². The normalized spacial score (nSPS) is 20.7. The van der Waals surface area contributed by atoms with Gasteiger partial charge in [0.05, 0.1) is 0 Å². The van der Waals surface area contributed by atoms with E-state index in [4.69, 9.17) is 0 Å². The molecule has 0 bridgehead atoms. The van der Waals surface area contributed by atoms with Gasteiger partial charge in [0.15, 0.2) is 0 Å². The SMILES string of the molecule is CCNc1ncnc(NC2CCCN(C)C2)c1C. The lowest BCUT2D eigenvalue weighted by Gasteiger charge is -2.31. The van der Waals surface area contributed by atoms with Gasteiger partial charge in [-0.05, 0) is 40.3 Å². The van der Waals surface area contributed by atoms with Gasteiger partial charge in [0.25, 0.3) is 0 Å². The summed E-state index contributed by atoms with van der Waals surface area (Å²) in [5.74, 6) is 1.89. The first-order valence-electron chi connectivity index (χ1n) is 6.71. The van der Waals surface area contributed by atoms with Gasteiger partial charge in [0, 0.05) is 24.7 Å². The standard InChI is InChI=1S/C13H23N5/c1-4-14-12-10(2)13(16-9-15-12)17-11-6-5-7-18(3)8-11/h9,11H,4-8H2,1-3H3,(H2,14,15,16,17). The van der Waals surface area contributed by atoms with Crippen molar-refractivity contribution in [3.05, 3.63) is 11.9 Å². The molecule has 1 atom stereocenters. The van der Waals surface area contributed by atoms with Crippen LogP contribution >= 0.6 is 0 Å². The minimum atomic E-state index is 0.492. The summed E-state index contributed by atoms with van der Waals surface area (Å²) in [4.78, 5) is 11.0. The minimum absolute atomic E-state index is 0.492. The average molecular weight is 249 g/mol. The number of anilines is 2. The van der Waals surface area contributed by atoms with Crippen LogP contribution in [0.15, 0.2) is 6.33 Å². The van der Waals surface area contributed by atoms with Crippen LogP contribution in [-0.4, -0.2) is 47.6 Å². The van der Waals surface area contributed by atoms with E-state index in [0.717, 1.165) is 30.3 Å². The summed E-state index contributed by atoms with van der Waals surface area (Å²) >= 11 is 0. The summed E-state index contributed by atoms with van der Waals surface area (Å²) in [6.45, 7) is 7.30. The Morgan fingerprint density at radius 2 is 2.17 bits per heavy atom. The maximum atomic E-state index is 4.36. The van der Waals surface area contributed by atoms with Crippen molar-refractivity contribution < 1.29 is 0 Å². The van der Waals surface area contributed by atoms with Crippen LogP contribution in [0.4, 0.5) is 11.6 Å². The molecule has 18 heavy (non-hydrogen) atoms. The van der Waals surface area contributed by atoms with Crippen LogP contribution in [0.1, 0.15) is 25.3 Å².